The van der Waals surface area contributed by atoms with Gasteiger partial charge in [-0.2, -0.15) is 4.98 Å². The number of aromatic nitrogens is 2. The van der Waals surface area contributed by atoms with Gasteiger partial charge in [-0.15, -0.1) is 0 Å². The van der Waals surface area contributed by atoms with Gasteiger partial charge in [0.05, 0.1) is 19.8 Å². The molecule has 0 aliphatic carbocycles. The summed E-state index contributed by atoms with van der Waals surface area (Å²) in [5.74, 6) is -3.02. The maximum atomic E-state index is 13.2. The number of carbonyl (C=O) groups is 2. The van der Waals surface area contributed by atoms with Crippen LogP contribution in [0.5, 0.6) is 5.88 Å². The molecule has 9 nitrogen and oxygen atoms in total. The lowest BCUT2D eigenvalue weighted by Gasteiger charge is -2.31. The number of methoxy groups -OCH3 is 2. The SMILES string of the molecule is COC(=O)C1=C(NC(C)(C)C)Oc2nc3cc(C)ccn3c(=O)c2C1C(=O)OC. The summed E-state index contributed by atoms with van der Waals surface area (Å²) in [5, 5.41) is 3.05. The third-order valence-electron chi connectivity index (χ3n) is 4.34. The largest absolute Gasteiger partial charge is 0.468 e. The Morgan fingerprint density at radius 3 is 2.52 bits per heavy atom. The predicted molar refractivity (Wildman–Crippen MR) is 104 cm³/mol. The average molecular weight is 401 g/mol. The Bertz CT molecular complexity index is 1090. The second kappa shape index (κ2) is 7.23. The molecule has 154 valence electrons. The van der Waals surface area contributed by atoms with E-state index in [1.165, 1.54) is 18.6 Å². The number of esters is 2. The summed E-state index contributed by atoms with van der Waals surface area (Å²) in [5.41, 5.74) is -0.0256. The number of fused-ring (bicyclic) bond motifs is 2. The number of pyridine rings is 1. The number of rotatable bonds is 3. The molecule has 1 atom stereocenters. The standard InChI is InChI=1S/C20H23N3O6/c1-10-7-8-23-11(9-10)21-15-13(17(23)24)12(18(25)27-5)14(19(26)28-6)16(29-15)22-20(2,3)4/h7-9,12,22H,1-6H3. The summed E-state index contributed by atoms with van der Waals surface area (Å²) >= 11 is 0. The Labute approximate surface area is 167 Å². The minimum absolute atomic E-state index is 0.00356. The smallest absolute Gasteiger partial charge is 0.340 e. The Morgan fingerprint density at radius 1 is 1.24 bits per heavy atom. The highest BCUT2D eigenvalue weighted by Crippen LogP contribution is 2.37. The minimum atomic E-state index is -1.35. The van der Waals surface area contributed by atoms with Gasteiger partial charge in [-0.25, -0.2) is 4.79 Å². The monoisotopic (exact) mass is 401 g/mol. The third-order valence-corrected chi connectivity index (χ3v) is 4.34. The van der Waals surface area contributed by atoms with E-state index in [1.807, 2.05) is 27.7 Å². The molecule has 1 N–H and O–H groups in total. The van der Waals surface area contributed by atoms with Gasteiger partial charge in [0.15, 0.2) is 0 Å². The van der Waals surface area contributed by atoms with E-state index in [9.17, 15) is 14.4 Å². The van der Waals surface area contributed by atoms with Crippen LogP contribution in [0.4, 0.5) is 0 Å². The van der Waals surface area contributed by atoms with Crippen molar-refractivity contribution in [1.29, 1.82) is 0 Å². The lowest BCUT2D eigenvalue weighted by Crippen LogP contribution is -2.43. The van der Waals surface area contributed by atoms with Crippen molar-refractivity contribution in [2.45, 2.75) is 39.2 Å². The van der Waals surface area contributed by atoms with E-state index in [2.05, 4.69) is 10.3 Å². The van der Waals surface area contributed by atoms with E-state index < -0.39 is 29.0 Å². The molecule has 0 fully saturated rings. The maximum Gasteiger partial charge on any atom is 0.340 e. The van der Waals surface area contributed by atoms with Gasteiger partial charge in [0.25, 0.3) is 5.56 Å². The van der Waals surface area contributed by atoms with Crippen molar-refractivity contribution in [3.05, 3.63) is 51.3 Å². The zero-order valence-electron chi connectivity index (χ0n) is 17.2. The van der Waals surface area contributed by atoms with E-state index in [4.69, 9.17) is 14.2 Å². The molecule has 1 aliphatic rings. The highest BCUT2D eigenvalue weighted by molar-refractivity contribution is 6.00. The van der Waals surface area contributed by atoms with Crippen LogP contribution in [0.15, 0.2) is 34.6 Å². The van der Waals surface area contributed by atoms with Crippen molar-refractivity contribution in [1.82, 2.24) is 14.7 Å². The molecule has 2 aromatic heterocycles. The number of nitrogens with zero attached hydrogens (tertiary/aromatic N) is 2. The summed E-state index contributed by atoms with van der Waals surface area (Å²) in [6.45, 7) is 7.43. The molecule has 9 heteroatoms. The second-order valence-corrected chi connectivity index (χ2v) is 7.74. The van der Waals surface area contributed by atoms with Gasteiger partial charge in [-0.05, 0) is 45.4 Å². The van der Waals surface area contributed by atoms with Crippen molar-refractivity contribution in [2.75, 3.05) is 14.2 Å². The van der Waals surface area contributed by atoms with E-state index in [0.29, 0.717) is 5.65 Å². The molecule has 0 amide bonds. The van der Waals surface area contributed by atoms with Gasteiger partial charge in [-0.1, -0.05) is 0 Å². The highest BCUT2D eigenvalue weighted by Gasteiger charge is 2.44. The number of hydrogen-bond donors (Lipinski definition) is 1. The molecule has 0 saturated heterocycles. The molecule has 3 heterocycles. The van der Waals surface area contributed by atoms with Crippen molar-refractivity contribution in [3.8, 4) is 5.88 Å². The molecule has 29 heavy (non-hydrogen) atoms. The molecular weight excluding hydrogens is 378 g/mol. The van der Waals surface area contributed by atoms with Crippen molar-refractivity contribution >= 4 is 17.6 Å². The van der Waals surface area contributed by atoms with E-state index in [-0.39, 0.29) is 22.9 Å². The van der Waals surface area contributed by atoms with Gasteiger partial charge in [-0.3, -0.25) is 14.0 Å². The summed E-state index contributed by atoms with van der Waals surface area (Å²) in [7, 11) is 2.36. The molecule has 0 saturated carbocycles. The molecule has 0 aromatic carbocycles. The van der Waals surface area contributed by atoms with Crippen LogP contribution in [-0.2, 0) is 19.1 Å². The second-order valence-electron chi connectivity index (χ2n) is 7.74. The van der Waals surface area contributed by atoms with Crippen LogP contribution in [-0.4, -0.2) is 41.1 Å². The number of hydrogen-bond acceptors (Lipinski definition) is 8. The molecule has 0 radical (unpaired) electrons. The first-order valence-electron chi connectivity index (χ1n) is 8.96. The number of nitrogens with one attached hydrogen (secondary N) is 1. The Hall–Kier alpha value is -3.36. The van der Waals surface area contributed by atoms with Crippen molar-refractivity contribution in [2.24, 2.45) is 0 Å². The normalized spacial score (nSPS) is 16.1. The fourth-order valence-corrected chi connectivity index (χ4v) is 3.09. The Balaban J connectivity index is 2.36. The van der Waals surface area contributed by atoms with Gasteiger partial charge >= 0.3 is 11.9 Å². The third kappa shape index (κ3) is 3.67. The summed E-state index contributed by atoms with van der Waals surface area (Å²) < 4.78 is 16.9. The molecule has 2 aromatic rings. The van der Waals surface area contributed by atoms with E-state index in [0.717, 1.165) is 5.56 Å². The molecule has 1 aliphatic heterocycles. The van der Waals surface area contributed by atoms with Crippen molar-refractivity contribution < 1.29 is 23.8 Å². The minimum Gasteiger partial charge on any atom is -0.468 e. The van der Waals surface area contributed by atoms with E-state index in [1.54, 1.807) is 18.3 Å². The quantitative estimate of drug-likeness (QED) is 0.770. The predicted octanol–water partition coefficient (Wildman–Crippen LogP) is 1.42. The van der Waals surface area contributed by atoms with Gasteiger partial charge < -0.3 is 19.5 Å². The van der Waals surface area contributed by atoms with Crippen LogP contribution in [0.3, 0.4) is 0 Å². The fraction of sp³-hybridized carbons (Fsp3) is 0.400. The van der Waals surface area contributed by atoms with Crippen LogP contribution in [0.2, 0.25) is 0 Å². The molecule has 0 bridgehead atoms. The molecule has 0 spiro atoms. The number of aryl methyl sites for hydroxylation is 1. The number of ether oxygens (including phenoxy) is 3. The lowest BCUT2D eigenvalue weighted by atomic mass is 9.90. The Kier molecular flexibility index (Phi) is 5.08. The zero-order valence-corrected chi connectivity index (χ0v) is 17.2. The van der Waals surface area contributed by atoms with Crippen LogP contribution in [0, 0.1) is 6.92 Å². The molecule has 1 unspecified atom stereocenters. The maximum absolute atomic E-state index is 13.2. The van der Waals surface area contributed by atoms with Crippen LogP contribution >= 0.6 is 0 Å². The van der Waals surface area contributed by atoms with E-state index >= 15 is 0 Å². The van der Waals surface area contributed by atoms with Gasteiger partial charge in [0.2, 0.25) is 11.8 Å². The van der Waals surface area contributed by atoms with Gasteiger partial charge in [0, 0.05) is 11.7 Å². The van der Waals surface area contributed by atoms with Crippen LogP contribution < -0.4 is 15.6 Å². The summed E-state index contributed by atoms with van der Waals surface area (Å²) in [6, 6.07) is 3.46. The summed E-state index contributed by atoms with van der Waals surface area (Å²) in [6.07, 6.45) is 1.55. The Morgan fingerprint density at radius 2 is 1.93 bits per heavy atom. The average Bonchev–Trinajstić information content (AvgIpc) is 2.64. The first-order valence-corrected chi connectivity index (χ1v) is 8.96. The highest BCUT2D eigenvalue weighted by atomic mass is 16.5. The zero-order chi connectivity index (χ0) is 21.5. The topological polar surface area (TPSA) is 108 Å². The molecule has 3 rings (SSSR count). The van der Waals surface area contributed by atoms with Gasteiger partial charge in [0.1, 0.15) is 17.1 Å². The number of carbonyl (C=O) groups excluding carboxylic acids is 2. The van der Waals surface area contributed by atoms with Crippen LogP contribution in [0.25, 0.3) is 5.65 Å². The van der Waals surface area contributed by atoms with Crippen molar-refractivity contribution in [3.63, 3.8) is 0 Å². The summed E-state index contributed by atoms with van der Waals surface area (Å²) in [4.78, 5) is 42.9. The molecular formula is C20H23N3O6. The lowest BCUT2D eigenvalue weighted by molar-refractivity contribution is -0.145. The van der Waals surface area contributed by atoms with Crippen LogP contribution in [0.1, 0.15) is 37.8 Å². The first kappa shape index (κ1) is 20.4. The first-order chi connectivity index (χ1) is 13.6. The fourth-order valence-electron chi connectivity index (χ4n) is 3.09.